The van der Waals surface area contributed by atoms with Gasteiger partial charge in [-0.3, -0.25) is 19.1 Å². The van der Waals surface area contributed by atoms with Gasteiger partial charge in [0.1, 0.15) is 5.65 Å². The van der Waals surface area contributed by atoms with Gasteiger partial charge in [-0.25, -0.2) is 4.98 Å². The average molecular weight is 503 g/mol. The monoisotopic (exact) mass is 502 g/mol. The number of rotatable bonds is 7. The number of anilines is 1. The summed E-state index contributed by atoms with van der Waals surface area (Å²) in [6.45, 7) is 13.4. The molecule has 8 nitrogen and oxygen atoms in total. The lowest BCUT2D eigenvalue weighted by Gasteiger charge is -2.35. The number of amides is 1. The van der Waals surface area contributed by atoms with E-state index < -0.39 is 0 Å². The smallest absolute Gasteiger partial charge is 0.252 e. The fourth-order valence-corrected chi connectivity index (χ4v) is 4.93. The van der Waals surface area contributed by atoms with Gasteiger partial charge in [0.2, 0.25) is 11.9 Å². The van der Waals surface area contributed by atoms with Crippen LogP contribution in [0.15, 0.2) is 47.4 Å². The van der Waals surface area contributed by atoms with Crippen LogP contribution in [0, 0.1) is 11.3 Å². The Labute approximate surface area is 218 Å². The SMILES string of the molecule is CC(Nc1ncc2ccc(=O)n(CC(C)(C)C)c2n1)c1ccc(CN2CCN(C(=O)C3CC3)CC2)cc1. The number of carbonyl (C=O) groups excluding carboxylic acids is 1. The molecule has 1 amide bonds. The van der Waals surface area contributed by atoms with Crippen molar-refractivity contribution in [1.29, 1.82) is 0 Å². The van der Waals surface area contributed by atoms with Crippen LogP contribution in [-0.2, 0) is 17.9 Å². The first-order valence-electron chi connectivity index (χ1n) is 13.4. The van der Waals surface area contributed by atoms with E-state index >= 15 is 0 Å². The van der Waals surface area contributed by atoms with E-state index in [0.717, 1.165) is 56.5 Å². The van der Waals surface area contributed by atoms with Crippen LogP contribution in [0.5, 0.6) is 0 Å². The molecule has 3 aromatic rings. The van der Waals surface area contributed by atoms with Crippen LogP contribution in [0.2, 0.25) is 0 Å². The molecule has 2 aromatic heterocycles. The fourth-order valence-electron chi connectivity index (χ4n) is 4.93. The number of benzene rings is 1. The first-order valence-corrected chi connectivity index (χ1v) is 13.4. The first-order chi connectivity index (χ1) is 17.7. The van der Waals surface area contributed by atoms with E-state index in [-0.39, 0.29) is 17.0 Å². The predicted octanol–water partition coefficient (Wildman–Crippen LogP) is 4.06. The topological polar surface area (TPSA) is 83.4 Å². The van der Waals surface area contributed by atoms with E-state index in [0.29, 0.717) is 30.0 Å². The van der Waals surface area contributed by atoms with Crippen molar-refractivity contribution >= 4 is 22.9 Å². The molecule has 8 heteroatoms. The lowest BCUT2D eigenvalue weighted by molar-refractivity contribution is -0.134. The molecule has 1 saturated heterocycles. The van der Waals surface area contributed by atoms with Crippen LogP contribution < -0.4 is 10.9 Å². The molecule has 37 heavy (non-hydrogen) atoms. The van der Waals surface area contributed by atoms with Crippen molar-refractivity contribution in [2.45, 2.75) is 59.7 Å². The summed E-state index contributed by atoms with van der Waals surface area (Å²) < 4.78 is 1.74. The summed E-state index contributed by atoms with van der Waals surface area (Å²) in [5, 5.41) is 4.26. The zero-order valence-corrected chi connectivity index (χ0v) is 22.4. The number of carbonyl (C=O) groups is 1. The summed E-state index contributed by atoms with van der Waals surface area (Å²) >= 11 is 0. The minimum absolute atomic E-state index is 0.00924. The number of nitrogens with one attached hydrogen (secondary N) is 1. The molecule has 1 aromatic carbocycles. The van der Waals surface area contributed by atoms with Crippen LogP contribution in [0.25, 0.3) is 11.0 Å². The highest BCUT2D eigenvalue weighted by Crippen LogP contribution is 2.31. The highest BCUT2D eigenvalue weighted by Gasteiger charge is 2.34. The van der Waals surface area contributed by atoms with Crippen molar-refractivity contribution in [1.82, 2.24) is 24.3 Å². The van der Waals surface area contributed by atoms with Crippen molar-refractivity contribution < 1.29 is 4.79 Å². The molecule has 0 spiro atoms. The Morgan fingerprint density at radius 1 is 1.05 bits per heavy atom. The van der Waals surface area contributed by atoms with Gasteiger partial charge in [-0.15, -0.1) is 0 Å². The third-order valence-corrected chi connectivity index (χ3v) is 7.20. The van der Waals surface area contributed by atoms with Crippen LogP contribution >= 0.6 is 0 Å². The average Bonchev–Trinajstić information content (AvgIpc) is 3.71. The van der Waals surface area contributed by atoms with Crippen molar-refractivity contribution in [3.8, 4) is 0 Å². The number of hydrogen-bond acceptors (Lipinski definition) is 6. The highest BCUT2D eigenvalue weighted by atomic mass is 16.2. The molecule has 196 valence electrons. The Bertz CT molecular complexity index is 1310. The fraction of sp³-hybridized carbons (Fsp3) is 0.517. The summed E-state index contributed by atoms with van der Waals surface area (Å²) in [7, 11) is 0. The van der Waals surface area contributed by atoms with Gasteiger partial charge >= 0.3 is 0 Å². The molecule has 1 unspecified atom stereocenters. The molecule has 0 bridgehead atoms. The summed E-state index contributed by atoms with van der Waals surface area (Å²) in [6, 6.07) is 12.0. The number of fused-ring (bicyclic) bond motifs is 1. The summed E-state index contributed by atoms with van der Waals surface area (Å²) in [5.74, 6) is 1.18. The maximum absolute atomic E-state index is 12.6. The first kappa shape index (κ1) is 25.4. The normalized spacial score (nSPS) is 17.7. The maximum Gasteiger partial charge on any atom is 0.252 e. The minimum atomic E-state index is -0.0494. The molecule has 2 aliphatic rings. The van der Waals surface area contributed by atoms with Crippen molar-refractivity contribution in [2.24, 2.45) is 11.3 Å². The lowest BCUT2D eigenvalue weighted by Crippen LogP contribution is -2.48. The zero-order valence-electron chi connectivity index (χ0n) is 22.4. The van der Waals surface area contributed by atoms with E-state index in [2.05, 4.69) is 67.2 Å². The minimum Gasteiger partial charge on any atom is -0.348 e. The molecule has 1 N–H and O–H groups in total. The van der Waals surface area contributed by atoms with E-state index in [4.69, 9.17) is 4.98 Å². The van der Waals surface area contributed by atoms with E-state index in [1.54, 1.807) is 22.9 Å². The van der Waals surface area contributed by atoms with Gasteiger partial charge in [0.15, 0.2) is 0 Å². The number of aromatic nitrogens is 3. The third-order valence-electron chi connectivity index (χ3n) is 7.20. The third kappa shape index (κ3) is 6.18. The van der Waals surface area contributed by atoms with Crippen LogP contribution in [-0.4, -0.2) is 56.4 Å². The van der Waals surface area contributed by atoms with Crippen LogP contribution in [0.4, 0.5) is 5.95 Å². The molecule has 5 rings (SSSR count). The number of hydrogen-bond donors (Lipinski definition) is 1. The van der Waals surface area contributed by atoms with E-state index in [1.165, 1.54) is 5.56 Å². The molecule has 2 fully saturated rings. The largest absolute Gasteiger partial charge is 0.348 e. The van der Waals surface area contributed by atoms with Gasteiger partial charge in [-0.2, -0.15) is 4.98 Å². The Hall–Kier alpha value is -3.26. The second kappa shape index (κ2) is 10.2. The molecule has 3 heterocycles. The maximum atomic E-state index is 12.6. The molecule has 1 aliphatic carbocycles. The van der Waals surface area contributed by atoms with Gasteiger partial charge in [-0.05, 0) is 42.4 Å². The summed E-state index contributed by atoms with van der Waals surface area (Å²) in [6.07, 6.45) is 3.92. The zero-order chi connectivity index (χ0) is 26.2. The Morgan fingerprint density at radius 2 is 1.76 bits per heavy atom. The molecular formula is C29H38N6O2. The second-order valence-corrected chi connectivity index (χ2v) is 11.8. The van der Waals surface area contributed by atoms with Crippen LogP contribution in [0.3, 0.4) is 0 Å². The Balaban J connectivity index is 1.21. The lowest BCUT2D eigenvalue weighted by atomic mass is 9.97. The quantitative estimate of drug-likeness (QED) is 0.525. The molecule has 1 aliphatic heterocycles. The Kier molecular flexibility index (Phi) is 7.03. The Morgan fingerprint density at radius 3 is 2.41 bits per heavy atom. The second-order valence-electron chi connectivity index (χ2n) is 11.8. The molecule has 0 radical (unpaired) electrons. The number of pyridine rings is 1. The number of nitrogens with zero attached hydrogens (tertiary/aromatic N) is 5. The van der Waals surface area contributed by atoms with Gasteiger partial charge in [-0.1, -0.05) is 45.0 Å². The van der Waals surface area contributed by atoms with Gasteiger partial charge < -0.3 is 10.2 Å². The van der Waals surface area contributed by atoms with Crippen LogP contribution in [0.1, 0.15) is 57.7 Å². The van der Waals surface area contributed by atoms with Gasteiger partial charge in [0.05, 0.1) is 6.04 Å². The summed E-state index contributed by atoms with van der Waals surface area (Å²) in [4.78, 5) is 38.5. The van der Waals surface area contributed by atoms with E-state index in [9.17, 15) is 9.59 Å². The summed E-state index contributed by atoms with van der Waals surface area (Å²) in [5.41, 5.74) is 2.97. The highest BCUT2D eigenvalue weighted by molar-refractivity contribution is 5.81. The predicted molar refractivity (Wildman–Crippen MR) is 146 cm³/mol. The van der Waals surface area contributed by atoms with Crippen molar-refractivity contribution in [3.63, 3.8) is 0 Å². The molecule has 1 atom stereocenters. The van der Waals surface area contributed by atoms with Gasteiger partial charge in [0.25, 0.3) is 5.56 Å². The van der Waals surface area contributed by atoms with Crippen molar-refractivity contribution in [3.05, 3.63) is 64.1 Å². The molecular weight excluding hydrogens is 464 g/mol. The van der Waals surface area contributed by atoms with Crippen molar-refractivity contribution in [2.75, 3.05) is 31.5 Å². The van der Waals surface area contributed by atoms with E-state index in [1.807, 2.05) is 4.90 Å². The van der Waals surface area contributed by atoms with Gasteiger partial charge in [0, 0.05) is 62.8 Å². The number of piperazine rings is 1. The molecule has 1 saturated carbocycles. The standard InChI is InChI=1S/C29H38N6O2/c1-20(31-28-30-17-24-11-12-25(36)35(26(24)32-28)19-29(2,3)4)22-7-5-21(6-8-22)18-33-13-15-34(16-14-33)27(37)23-9-10-23/h5-8,11-12,17,20,23H,9-10,13-16,18-19H2,1-4H3,(H,30,31,32).